The molecule has 2 rings (SSSR count). The van der Waals surface area contributed by atoms with Gasteiger partial charge < -0.3 is 10.6 Å². The van der Waals surface area contributed by atoms with Gasteiger partial charge in [-0.15, -0.1) is 0 Å². The lowest BCUT2D eigenvalue weighted by Gasteiger charge is -2.09. The highest BCUT2D eigenvalue weighted by atomic mass is 15.2. The molecule has 3 N–H and O–H groups in total. The van der Waals surface area contributed by atoms with Gasteiger partial charge in [0.05, 0.1) is 6.20 Å². The first-order valence-electron chi connectivity index (χ1n) is 6.83. The largest absolute Gasteiger partial charge is 0.357 e. The molecule has 0 amide bonds. The van der Waals surface area contributed by atoms with Gasteiger partial charge in [0.15, 0.2) is 5.96 Å². The first-order chi connectivity index (χ1) is 8.79. The summed E-state index contributed by atoms with van der Waals surface area (Å²) in [5, 5.41) is 13.7. The maximum Gasteiger partial charge on any atom is 0.191 e. The highest BCUT2D eigenvalue weighted by Crippen LogP contribution is 2.18. The van der Waals surface area contributed by atoms with Crippen LogP contribution >= 0.6 is 0 Å². The summed E-state index contributed by atoms with van der Waals surface area (Å²) < 4.78 is 0. The van der Waals surface area contributed by atoms with E-state index in [1.54, 1.807) is 0 Å². The van der Waals surface area contributed by atoms with Crippen molar-refractivity contribution in [3.05, 3.63) is 17.5 Å². The van der Waals surface area contributed by atoms with Crippen molar-refractivity contribution in [2.45, 2.75) is 45.6 Å². The molecular formula is C13H23N5. The Morgan fingerprint density at radius 3 is 3.00 bits per heavy atom. The van der Waals surface area contributed by atoms with Gasteiger partial charge in [-0.1, -0.05) is 0 Å². The second-order valence-electron chi connectivity index (χ2n) is 4.80. The average Bonchev–Trinajstić information content (AvgIpc) is 3.07. The Labute approximate surface area is 108 Å². The van der Waals surface area contributed by atoms with E-state index in [0.717, 1.165) is 31.9 Å². The summed E-state index contributed by atoms with van der Waals surface area (Å²) in [4.78, 5) is 4.59. The molecule has 18 heavy (non-hydrogen) atoms. The minimum Gasteiger partial charge on any atom is -0.357 e. The van der Waals surface area contributed by atoms with E-state index in [9.17, 15) is 0 Å². The van der Waals surface area contributed by atoms with Gasteiger partial charge in [0.25, 0.3) is 0 Å². The van der Waals surface area contributed by atoms with Crippen LogP contribution in [0.1, 0.15) is 37.4 Å². The van der Waals surface area contributed by atoms with E-state index in [1.807, 2.05) is 6.20 Å². The van der Waals surface area contributed by atoms with E-state index in [2.05, 4.69) is 39.7 Å². The quantitative estimate of drug-likeness (QED) is 0.405. The fourth-order valence-electron chi connectivity index (χ4n) is 1.83. The van der Waals surface area contributed by atoms with E-state index in [0.29, 0.717) is 6.04 Å². The zero-order valence-corrected chi connectivity index (χ0v) is 11.3. The van der Waals surface area contributed by atoms with E-state index in [-0.39, 0.29) is 0 Å². The molecule has 1 aromatic heterocycles. The van der Waals surface area contributed by atoms with Crippen molar-refractivity contribution < 1.29 is 0 Å². The predicted molar refractivity (Wildman–Crippen MR) is 73.8 cm³/mol. The lowest BCUT2D eigenvalue weighted by molar-refractivity contribution is 0.781. The molecule has 0 aromatic carbocycles. The molecule has 0 spiro atoms. The van der Waals surface area contributed by atoms with Crippen molar-refractivity contribution in [3.8, 4) is 0 Å². The molecule has 0 saturated heterocycles. The lowest BCUT2D eigenvalue weighted by atomic mass is 10.1. The van der Waals surface area contributed by atoms with Crippen LogP contribution in [0.4, 0.5) is 0 Å². The summed E-state index contributed by atoms with van der Waals surface area (Å²) >= 11 is 0. The Bertz CT molecular complexity index is 392. The standard InChI is InChI=1S/C13H23N5/c1-3-14-13(17-12-6-7-12)15-8-4-5-11-9-16-18-10(11)2/h9,12H,3-8H2,1-2H3,(H,16,18)(H2,14,15,17). The molecule has 0 atom stereocenters. The maximum absolute atomic E-state index is 4.59. The number of aromatic nitrogens is 2. The molecule has 1 heterocycles. The highest BCUT2D eigenvalue weighted by Gasteiger charge is 2.21. The van der Waals surface area contributed by atoms with Crippen molar-refractivity contribution in [1.82, 2.24) is 20.8 Å². The molecule has 0 bridgehead atoms. The third kappa shape index (κ3) is 4.05. The number of H-pyrrole nitrogens is 1. The van der Waals surface area contributed by atoms with Gasteiger partial charge in [0.1, 0.15) is 0 Å². The van der Waals surface area contributed by atoms with Crippen LogP contribution in [0.2, 0.25) is 0 Å². The number of hydrogen-bond donors (Lipinski definition) is 3. The first-order valence-corrected chi connectivity index (χ1v) is 6.83. The smallest absolute Gasteiger partial charge is 0.191 e. The Morgan fingerprint density at radius 2 is 2.39 bits per heavy atom. The SMILES string of the molecule is CCNC(=NCCCc1cn[nH]c1C)NC1CC1. The Balaban J connectivity index is 1.72. The summed E-state index contributed by atoms with van der Waals surface area (Å²) in [7, 11) is 0. The number of guanidine groups is 1. The molecule has 1 saturated carbocycles. The number of rotatable bonds is 6. The average molecular weight is 249 g/mol. The number of hydrogen-bond acceptors (Lipinski definition) is 2. The molecule has 1 aliphatic rings. The molecule has 0 radical (unpaired) electrons. The number of nitrogens with one attached hydrogen (secondary N) is 3. The van der Waals surface area contributed by atoms with Crippen molar-refractivity contribution in [2.75, 3.05) is 13.1 Å². The number of nitrogens with zero attached hydrogens (tertiary/aromatic N) is 2. The van der Waals surface area contributed by atoms with E-state index < -0.39 is 0 Å². The van der Waals surface area contributed by atoms with E-state index in [1.165, 1.54) is 24.1 Å². The van der Waals surface area contributed by atoms with Crippen LogP contribution in [0.3, 0.4) is 0 Å². The highest BCUT2D eigenvalue weighted by molar-refractivity contribution is 5.80. The molecule has 100 valence electrons. The minimum absolute atomic E-state index is 0.652. The van der Waals surface area contributed by atoms with E-state index in [4.69, 9.17) is 0 Å². The Hall–Kier alpha value is -1.52. The zero-order valence-electron chi connectivity index (χ0n) is 11.3. The van der Waals surface area contributed by atoms with Crippen LogP contribution in [0, 0.1) is 6.92 Å². The maximum atomic E-state index is 4.59. The lowest BCUT2D eigenvalue weighted by Crippen LogP contribution is -2.38. The fraction of sp³-hybridized carbons (Fsp3) is 0.692. The van der Waals surface area contributed by atoms with Crippen molar-refractivity contribution in [2.24, 2.45) is 4.99 Å². The molecule has 5 nitrogen and oxygen atoms in total. The van der Waals surface area contributed by atoms with Crippen molar-refractivity contribution in [1.29, 1.82) is 0 Å². The van der Waals surface area contributed by atoms with Gasteiger partial charge in [0.2, 0.25) is 0 Å². The number of aryl methyl sites for hydroxylation is 2. The van der Waals surface area contributed by atoms with Gasteiger partial charge in [-0.05, 0) is 45.1 Å². The monoisotopic (exact) mass is 249 g/mol. The number of aliphatic imine (C=N–C) groups is 1. The predicted octanol–water partition coefficient (Wildman–Crippen LogP) is 1.37. The van der Waals surface area contributed by atoms with Crippen LogP contribution in [-0.4, -0.2) is 35.3 Å². The topological polar surface area (TPSA) is 65.1 Å². The van der Waals surface area contributed by atoms with E-state index >= 15 is 0 Å². The van der Waals surface area contributed by atoms with Gasteiger partial charge in [-0.3, -0.25) is 10.1 Å². The van der Waals surface area contributed by atoms with Gasteiger partial charge in [-0.25, -0.2) is 0 Å². The minimum atomic E-state index is 0.652. The molecule has 0 aliphatic heterocycles. The summed E-state index contributed by atoms with van der Waals surface area (Å²) in [6.07, 6.45) is 6.56. The second kappa shape index (κ2) is 6.42. The summed E-state index contributed by atoms with van der Waals surface area (Å²) in [6, 6.07) is 0.652. The molecule has 5 heteroatoms. The Kier molecular flexibility index (Phi) is 4.61. The molecule has 0 unspecified atom stereocenters. The molecular weight excluding hydrogens is 226 g/mol. The third-order valence-electron chi connectivity index (χ3n) is 3.07. The molecule has 1 fully saturated rings. The molecule has 1 aliphatic carbocycles. The Morgan fingerprint density at radius 1 is 1.56 bits per heavy atom. The van der Waals surface area contributed by atoms with Gasteiger partial charge in [0, 0.05) is 24.8 Å². The third-order valence-corrected chi connectivity index (χ3v) is 3.07. The van der Waals surface area contributed by atoms with Crippen LogP contribution < -0.4 is 10.6 Å². The van der Waals surface area contributed by atoms with Crippen LogP contribution in [0.5, 0.6) is 0 Å². The summed E-state index contributed by atoms with van der Waals surface area (Å²) in [5.74, 6) is 0.962. The van der Waals surface area contributed by atoms with Crippen LogP contribution in [0.25, 0.3) is 0 Å². The zero-order chi connectivity index (χ0) is 12.8. The summed E-state index contributed by atoms with van der Waals surface area (Å²) in [5.41, 5.74) is 2.47. The fourth-order valence-corrected chi connectivity index (χ4v) is 1.83. The summed E-state index contributed by atoms with van der Waals surface area (Å²) in [6.45, 7) is 5.93. The van der Waals surface area contributed by atoms with Crippen molar-refractivity contribution >= 4 is 5.96 Å². The number of aromatic amines is 1. The van der Waals surface area contributed by atoms with Crippen molar-refractivity contribution in [3.63, 3.8) is 0 Å². The van der Waals surface area contributed by atoms with Gasteiger partial charge in [-0.2, -0.15) is 5.10 Å². The second-order valence-corrected chi connectivity index (χ2v) is 4.80. The van der Waals surface area contributed by atoms with Crippen LogP contribution in [-0.2, 0) is 6.42 Å². The van der Waals surface area contributed by atoms with Crippen LogP contribution in [0.15, 0.2) is 11.2 Å². The van der Waals surface area contributed by atoms with Gasteiger partial charge >= 0.3 is 0 Å². The molecule has 1 aromatic rings. The normalized spacial score (nSPS) is 15.8. The first kappa shape index (κ1) is 12.9.